The van der Waals surface area contributed by atoms with E-state index in [2.05, 4.69) is 6.07 Å². The highest BCUT2D eigenvalue weighted by Crippen LogP contribution is 2.24. The molecule has 4 heteroatoms. The number of amides is 1. The minimum Gasteiger partial charge on any atom is -0.492 e. The predicted molar refractivity (Wildman–Crippen MR) is 64.5 cm³/mol. The number of primary amides is 1. The maximum Gasteiger partial charge on any atom is 0.223 e. The summed E-state index contributed by atoms with van der Waals surface area (Å²) in [5.41, 5.74) is 7.54. The van der Waals surface area contributed by atoms with Gasteiger partial charge >= 0.3 is 0 Å². The SMILES string of the molecule is Cc1cc(C#N)cc(C)c1OCC(C)C(N)=O. The number of nitrogens with two attached hydrogens (primary N) is 1. The lowest BCUT2D eigenvalue weighted by Gasteiger charge is -2.14. The van der Waals surface area contributed by atoms with E-state index in [9.17, 15) is 4.79 Å². The van der Waals surface area contributed by atoms with E-state index >= 15 is 0 Å². The zero-order valence-corrected chi connectivity index (χ0v) is 10.3. The van der Waals surface area contributed by atoms with Crippen molar-refractivity contribution < 1.29 is 9.53 Å². The molecule has 0 aromatic heterocycles. The summed E-state index contributed by atoms with van der Waals surface area (Å²) in [4.78, 5) is 10.9. The standard InChI is InChI=1S/C13H16N2O2/c1-8-4-11(6-14)5-9(2)12(8)17-7-10(3)13(15)16/h4-5,10H,7H2,1-3H3,(H2,15,16). The van der Waals surface area contributed by atoms with Crippen LogP contribution >= 0.6 is 0 Å². The van der Waals surface area contributed by atoms with Gasteiger partial charge in [0.15, 0.2) is 0 Å². The van der Waals surface area contributed by atoms with Gasteiger partial charge in [-0.15, -0.1) is 0 Å². The zero-order valence-electron chi connectivity index (χ0n) is 10.3. The van der Waals surface area contributed by atoms with Gasteiger partial charge in [0.1, 0.15) is 5.75 Å². The number of hydrogen-bond donors (Lipinski definition) is 1. The Morgan fingerprint density at radius 1 is 1.47 bits per heavy atom. The number of ether oxygens (including phenoxy) is 1. The van der Waals surface area contributed by atoms with Crippen molar-refractivity contribution in [3.05, 3.63) is 28.8 Å². The molecule has 0 spiro atoms. The van der Waals surface area contributed by atoms with E-state index < -0.39 is 0 Å². The monoisotopic (exact) mass is 232 g/mol. The van der Waals surface area contributed by atoms with E-state index in [4.69, 9.17) is 15.7 Å². The van der Waals surface area contributed by atoms with Crippen molar-refractivity contribution in [1.82, 2.24) is 0 Å². The second-order valence-electron chi connectivity index (χ2n) is 4.17. The van der Waals surface area contributed by atoms with Crippen molar-refractivity contribution in [3.8, 4) is 11.8 Å². The van der Waals surface area contributed by atoms with E-state index in [1.165, 1.54) is 0 Å². The Balaban J connectivity index is 2.86. The molecule has 1 rings (SSSR count). The number of hydrogen-bond acceptors (Lipinski definition) is 3. The maximum absolute atomic E-state index is 10.9. The molecule has 0 aliphatic rings. The van der Waals surface area contributed by atoms with E-state index in [0.717, 1.165) is 16.9 Å². The molecule has 0 radical (unpaired) electrons. The molecule has 0 bridgehead atoms. The fraction of sp³-hybridized carbons (Fsp3) is 0.385. The lowest BCUT2D eigenvalue weighted by molar-refractivity contribution is -0.122. The number of benzene rings is 1. The van der Waals surface area contributed by atoms with Crippen molar-refractivity contribution in [2.24, 2.45) is 11.7 Å². The molecule has 0 aliphatic carbocycles. The van der Waals surface area contributed by atoms with E-state index in [-0.39, 0.29) is 18.4 Å². The van der Waals surface area contributed by atoms with Crippen molar-refractivity contribution in [2.75, 3.05) is 6.61 Å². The van der Waals surface area contributed by atoms with Crippen LogP contribution < -0.4 is 10.5 Å². The van der Waals surface area contributed by atoms with Crippen LogP contribution in [-0.4, -0.2) is 12.5 Å². The Morgan fingerprint density at radius 2 is 2.00 bits per heavy atom. The smallest absolute Gasteiger partial charge is 0.223 e. The van der Waals surface area contributed by atoms with E-state index in [1.807, 2.05) is 13.8 Å². The van der Waals surface area contributed by atoms with Crippen LogP contribution in [0.1, 0.15) is 23.6 Å². The van der Waals surface area contributed by atoms with Gasteiger partial charge in [-0.05, 0) is 37.1 Å². The number of rotatable bonds is 4. The molecule has 1 aromatic rings. The molecule has 4 nitrogen and oxygen atoms in total. The van der Waals surface area contributed by atoms with E-state index in [1.54, 1.807) is 19.1 Å². The highest BCUT2D eigenvalue weighted by atomic mass is 16.5. The third-order valence-electron chi connectivity index (χ3n) is 2.55. The number of aryl methyl sites for hydroxylation is 2. The van der Waals surface area contributed by atoms with Crippen LogP contribution in [0.2, 0.25) is 0 Å². The third kappa shape index (κ3) is 3.22. The lowest BCUT2D eigenvalue weighted by Crippen LogP contribution is -2.26. The highest BCUT2D eigenvalue weighted by Gasteiger charge is 2.12. The summed E-state index contributed by atoms with van der Waals surface area (Å²) >= 11 is 0. The van der Waals surface area contributed by atoms with Gasteiger partial charge in [-0.2, -0.15) is 5.26 Å². The minimum absolute atomic E-state index is 0.253. The van der Waals surface area contributed by atoms with Crippen molar-refractivity contribution >= 4 is 5.91 Å². The summed E-state index contributed by atoms with van der Waals surface area (Å²) in [5, 5.41) is 8.82. The molecule has 0 saturated heterocycles. The molecular formula is C13H16N2O2. The van der Waals surface area contributed by atoms with Crippen LogP contribution in [0.3, 0.4) is 0 Å². The van der Waals surface area contributed by atoms with Gasteiger partial charge in [-0.1, -0.05) is 6.92 Å². The van der Waals surface area contributed by atoms with Gasteiger partial charge in [0, 0.05) is 0 Å². The first-order valence-electron chi connectivity index (χ1n) is 5.39. The summed E-state index contributed by atoms with van der Waals surface area (Å²) in [6.45, 7) is 5.72. The second-order valence-corrected chi connectivity index (χ2v) is 4.17. The molecule has 1 aromatic carbocycles. The average Bonchev–Trinajstić information content (AvgIpc) is 2.27. The van der Waals surface area contributed by atoms with Crippen molar-refractivity contribution in [3.63, 3.8) is 0 Å². The summed E-state index contributed by atoms with van der Waals surface area (Å²) < 4.78 is 5.58. The van der Waals surface area contributed by atoms with Crippen LogP contribution in [0, 0.1) is 31.1 Å². The maximum atomic E-state index is 10.9. The van der Waals surface area contributed by atoms with Crippen molar-refractivity contribution in [2.45, 2.75) is 20.8 Å². The Kier molecular flexibility index (Phi) is 4.11. The molecule has 0 aliphatic heterocycles. The van der Waals surface area contributed by atoms with Gasteiger partial charge < -0.3 is 10.5 Å². The Hall–Kier alpha value is -2.02. The van der Waals surface area contributed by atoms with Crippen LogP contribution in [0.5, 0.6) is 5.75 Å². The molecule has 0 heterocycles. The molecule has 2 N–H and O–H groups in total. The molecule has 1 amide bonds. The predicted octanol–water partition coefficient (Wildman–Crippen LogP) is 1.68. The first kappa shape index (κ1) is 13.0. The fourth-order valence-electron chi connectivity index (χ4n) is 1.53. The molecule has 0 saturated carbocycles. The molecule has 0 fully saturated rings. The number of nitrogens with zero attached hydrogens (tertiary/aromatic N) is 1. The van der Waals surface area contributed by atoms with E-state index in [0.29, 0.717) is 5.56 Å². The van der Waals surface area contributed by atoms with Gasteiger partial charge in [-0.3, -0.25) is 4.79 Å². The second kappa shape index (κ2) is 5.35. The topological polar surface area (TPSA) is 76.1 Å². The quantitative estimate of drug-likeness (QED) is 0.857. The fourth-order valence-corrected chi connectivity index (χ4v) is 1.53. The number of carbonyl (C=O) groups is 1. The number of carbonyl (C=O) groups excluding carboxylic acids is 1. The summed E-state index contributed by atoms with van der Waals surface area (Å²) in [5.74, 6) is 0.00972. The van der Waals surface area contributed by atoms with Gasteiger partial charge in [0.25, 0.3) is 0 Å². The van der Waals surface area contributed by atoms with Crippen LogP contribution in [0.25, 0.3) is 0 Å². The highest BCUT2D eigenvalue weighted by molar-refractivity contribution is 5.76. The average molecular weight is 232 g/mol. The zero-order chi connectivity index (χ0) is 13.0. The summed E-state index contributed by atoms with van der Waals surface area (Å²) in [7, 11) is 0. The molecule has 1 atom stereocenters. The minimum atomic E-state index is -0.381. The molecule has 1 unspecified atom stereocenters. The third-order valence-corrected chi connectivity index (χ3v) is 2.55. The summed E-state index contributed by atoms with van der Waals surface area (Å²) in [6.07, 6.45) is 0. The Bertz CT molecular complexity index is 452. The molecule has 90 valence electrons. The first-order valence-corrected chi connectivity index (χ1v) is 5.39. The van der Waals surface area contributed by atoms with Crippen LogP contribution in [0.4, 0.5) is 0 Å². The normalized spacial score (nSPS) is 11.6. The molecule has 17 heavy (non-hydrogen) atoms. The Labute approximate surface area is 101 Å². The van der Waals surface area contributed by atoms with Crippen molar-refractivity contribution in [1.29, 1.82) is 5.26 Å². The van der Waals surface area contributed by atoms with Gasteiger partial charge in [-0.25, -0.2) is 0 Å². The Morgan fingerprint density at radius 3 is 2.41 bits per heavy atom. The summed E-state index contributed by atoms with van der Waals surface area (Å²) in [6, 6.07) is 5.61. The first-order chi connectivity index (χ1) is 7.95. The van der Waals surface area contributed by atoms with Gasteiger partial charge in [0.2, 0.25) is 5.91 Å². The van der Waals surface area contributed by atoms with Crippen LogP contribution in [0.15, 0.2) is 12.1 Å². The largest absolute Gasteiger partial charge is 0.492 e. The number of nitriles is 1. The van der Waals surface area contributed by atoms with Crippen LogP contribution in [-0.2, 0) is 4.79 Å². The lowest BCUT2D eigenvalue weighted by atomic mass is 10.1. The molecular weight excluding hydrogens is 216 g/mol. The van der Waals surface area contributed by atoms with Gasteiger partial charge in [0.05, 0.1) is 24.2 Å².